The van der Waals surface area contributed by atoms with Gasteiger partial charge < -0.3 is 4.57 Å². The van der Waals surface area contributed by atoms with Crippen molar-refractivity contribution in [2.75, 3.05) is 5.43 Å². The van der Waals surface area contributed by atoms with Crippen LogP contribution < -0.4 is 5.43 Å². The zero-order valence-corrected chi connectivity index (χ0v) is 17.4. The molecule has 0 unspecified atom stereocenters. The summed E-state index contributed by atoms with van der Waals surface area (Å²) in [4.78, 5) is 4.58. The van der Waals surface area contributed by atoms with Gasteiger partial charge in [0.05, 0.1) is 11.9 Å². The van der Waals surface area contributed by atoms with Crippen LogP contribution in [-0.2, 0) is 6.54 Å². The lowest BCUT2D eigenvalue weighted by molar-refractivity contribution is 0.626. The molecule has 0 spiro atoms. The molecule has 0 aliphatic heterocycles. The third kappa shape index (κ3) is 4.39. The summed E-state index contributed by atoms with van der Waals surface area (Å²) < 4.78 is 15.3. The minimum atomic E-state index is -0.215. The average molecular weight is 427 g/mol. The molecule has 2 aromatic heterocycles. The monoisotopic (exact) mass is 426 g/mol. The van der Waals surface area contributed by atoms with E-state index in [0.717, 1.165) is 38.4 Å². The highest BCUT2D eigenvalue weighted by Crippen LogP contribution is 2.24. The summed E-state index contributed by atoms with van der Waals surface area (Å²) in [5.41, 5.74) is 8.23. The molecule has 6 heteroatoms. The van der Waals surface area contributed by atoms with E-state index in [4.69, 9.17) is 0 Å². The topological polar surface area (TPSA) is 42.2 Å². The van der Waals surface area contributed by atoms with E-state index in [9.17, 15) is 4.39 Å². The van der Waals surface area contributed by atoms with Crippen molar-refractivity contribution in [2.24, 2.45) is 5.10 Å². The molecular formula is C25H19FN4S. The van der Waals surface area contributed by atoms with Gasteiger partial charge in [-0.3, -0.25) is 5.43 Å². The molecule has 5 aromatic rings. The van der Waals surface area contributed by atoms with Crippen molar-refractivity contribution in [3.63, 3.8) is 0 Å². The molecule has 0 amide bonds. The lowest BCUT2D eigenvalue weighted by Crippen LogP contribution is -1.98. The minimum Gasteiger partial charge on any atom is -0.343 e. The number of aromatic nitrogens is 2. The van der Waals surface area contributed by atoms with Crippen LogP contribution in [0.1, 0.15) is 11.1 Å². The van der Waals surface area contributed by atoms with Gasteiger partial charge in [0.2, 0.25) is 5.13 Å². The van der Waals surface area contributed by atoms with E-state index < -0.39 is 0 Å². The number of thiazole rings is 1. The van der Waals surface area contributed by atoms with Gasteiger partial charge in [-0.2, -0.15) is 5.10 Å². The number of benzene rings is 3. The van der Waals surface area contributed by atoms with Gasteiger partial charge in [-0.25, -0.2) is 9.37 Å². The first-order valence-electron chi connectivity index (χ1n) is 9.88. The number of rotatable bonds is 6. The van der Waals surface area contributed by atoms with Crippen molar-refractivity contribution >= 4 is 33.6 Å². The average Bonchev–Trinajstić information content (AvgIpc) is 3.43. The Morgan fingerprint density at radius 2 is 1.84 bits per heavy atom. The molecule has 2 heterocycles. The number of hydrazone groups is 1. The molecule has 0 saturated heterocycles. The normalized spacial score (nSPS) is 11.4. The van der Waals surface area contributed by atoms with E-state index in [-0.39, 0.29) is 5.82 Å². The van der Waals surface area contributed by atoms with Crippen molar-refractivity contribution in [3.8, 4) is 11.3 Å². The Kier molecular flexibility index (Phi) is 5.29. The molecule has 0 radical (unpaired) electrons. The van der Waals surface area contributed by atoms with Crippen LogP contribution in [0.2, 0.25) is 0 Å². The highest BCUT2D eigenvalue weighted by atomic mass is 32.1. The molecular weight excluding hydrogens is 407 g/mol. The van der Waals surface area contributed by atoms with Gasteiger partial charge in [0.1, 0.15) is 5.82 Å². The first-order valence-corrected chi connectivity index (χ1v) is 10.8. The Balaban J connectivity index is 1.27. The quantitative estimate of drug-likeness (QED) is 0.252. The number of fused-ring (bicyclic) bond motifs is 1. The van der Waals surface area contributed by atoms with Crippen LogP contribution in [0.25, 0.3) is 22.2 Å². The van der Waals surface area contributed by atoms with E-state index in [1.807, 2.05) is 60.1 Å². The van der Waals surface area contributed by atoms with Gasteiger partial charge in [-0.1, -0.05) is 48.5 Å². The van der Waals surface area contributed by atoms with E-state index in [1.54, 1.807) is 6.21 Å². The van der Waals surface area contributed by atoms with Crippen molar-refractivity contribution in [1.82, 2.24) is 9.55 Å². The van der Waals surface area contributed by atoms with Gasteiger partial charge in [-0.15, -0.1) is 11.3 Å². The van der Waals surface area contributed by atoms with Crippen LogP contribution in [0, 0.1) is 5.82 Å². The van der Waals surface area contributed by atoms with Crippen molar-refractivity contribution < 1.29 is 4.39 Å². The molecule has 4 nitrogen and oxygen atoms in total. The zero-order chi connectivity index (χ0) is 21.0. The zero-order valence-electron chi connectivity index (χ0n) is 16.6. The number of nitrogens with zero attached hydrogens (tertiary/aromatic N) is 3. The standard InChI is InChI=1S/C25H19FN4S/c26-22-9-6-18(7-10-22)16-30-13-12-21-14-19(8-11-24(21)30)15-27-29-25-28-23(17-31-25)20-4-2-1-3-5-20/h1-15,17H,16H2,(H,28,29). The first kappa shape index (κ1) is 19.2. The van der Waals surface area contributed by atoms with Crippen LogP contribution in [0.4, 0.5) is 9.52 Å². The van der Waals surface area contributed by atoms with E-state index in [1.165, 1.54) is 23.5 Å². The Bertz CT molecular complexity index is 1340. The summed E-state index contributed by atoms with van der Waals surface area (Å²) >= 11 is 1.52. The fourth-order valence-electron chi connectivity index (χ4n) is 3.45. The molecule has 0 aliphatic rings. The predicted octanol–water partition coefficient (Wildman–Crippen LogP) is 6.40. The maximum atomic E-state index is 13.1. The smallest absolute Gasteiger partial charge is 0.203 e. The van der Waals surface area contributed by atoms with Crippen molar-refractivity contribution in [2.45, 2.75) is 6.54 Å². The van der Waals surface area contributed by atoms with Crippen LogP contribution in [0.3, 0.4) is 0 Å². The van der Waals surface area contributed by atoms with E-state index in [0.29, 0.717) is 6.54 Å². The molecule has 5 rings (SSSR count). The second kappa shape index (κ2) is 8.53. The summed E-state index contributed by atoms with van der Waals surface area (Å²) in [5, 5.41) is 8.24. The largest absolute Gasteiger partial charge is 0.343 e. The second-order valence-corrected chi connectivity index (χ2v) is 8.02. The minimum absolute atomic E-state index is 0.215. The van der Waals surface area contributed by atoms with E-state index >= 15 is 0 Å². The lowest BCUT2D eigenvalue weighted by atomic mass is 10.1. The number of anilines is 1. The van der Waals surface area contributed by atoms with Gasteiger partial charge in [0.15, 0.2) is 0 Å². The van der Waals surface area contributed by atoms with Crippen molar-refractivity contribution in [1.29, 1.82) is 0 Å². The third-order valence-electron chi connectivity index (χ3n) is 5.01. The maximum Gasteiger partial charge on any atom is 0.203 e. The van der Waals surface area contributed by atoms with E-state index in [2.05, 4.69) is 38.3 Å². The molecule has 152 valence electrons. The summed E-state index contributed by atoms with van der Waals surface area (Å²) in [6.45, 7) is 0.701. The summed E-state index contributed by atoms with van der Waals surface area (Å²) in [7, 11) is 0. The molecule has 0 saturated carbocycles. The molecule has 0 fully saturated rings. The summed E-state index contributed by atoms with van der Waals surface area (Å²) in [6.07, 6.45) is 3.84. The highest BCUT2D eigenvalue weighted by Gasteiger charge is 2.04. The molecule has 0 atom stereocenters. The Morgan fingerprint density at radius 1 is 1.00 bits per heavy atom. The maximum absolute atomic E-state index is 13.1. The number of hydrogen-bond acceptors (Lipinski definition) is 4. The predicted molar refractivity (Wildman–Crippen MR) is 126 cm³/mol. The number of hydrogen-bond donors (Lipinski definition) is 1. The molecule has 0 aliphatic carbocycles. The molecule has 1 N–H and O–H groups in total. The van der Waals surface area contributed by atoms with Gasteiger partial charge in [-0.05, 0) is 41.5 Å². The Hall–Kier alpha value is -3.77. The SMILES string of the molecule is Fc1ccc(Cn2ccc3cc(C=NNc4nc(-c5ccccc5)cs4)ccc32)cc1. The number of halogens is 1. The fourth-order valence-corrected chi connectivity index (χ4v) is 4.12. The van der Waals surface area contributed by atoms with Crippen molar-refractivity contribution in [3.05, 3.63) is 107 Å². The van der Waals surface area contributed by atoms with Crippen LogP contribution in [-0.4, -0.2) is 15.8 Å². The third-order valence-corrected chi connectivity index (χ3v) is 5.76. The van der Waals surface area contributed by atoms with Crippen LogP contribution in [0.5, 0.6) is 0 Å². The fraction of sp³-hybridized carbons (Fsp3) is 0.0400. The summed E-state index contributed by atoms with van der Waals surface area (Å²) in [5.74, 6) is -0.215. The molecule has 3 aromatic carbocycles. The second-order valence-electron chi connectivity index (χ2n) is 7.16. The molecule has 31 heavy (non-hydrogen) atoms. The van der Waals surface area contributed by atoms with Gasteiger partial charge in [0, 0.05) is 34.6 Å². The van der Waals surface area contributed by atoms with Gasteiger partial charge >= 0.3 is 0 Å². The molecule has 0 bridgehead atoms. The first-order chi connectivity index (χ1) is 15.2. The lowest BCUT2D eigenvalue weighted by Gasteiger charge is -2.06. The number of nitrogens with one attached hydrogen (secondary N) is 1. The van der Waals surface area contributed by atoms with Gasteiger partial charge in [0.25, 0.3) is 0 Å². The Labute approximate surface area is 183 Å². The van der Waals surface area contributed by atoms with Crippen LogP contribution in [0.15, 0.2) is 95.5 Å². The Morgan fingerprint density at radius 3 is 2.68 bits per heavy atom. The highest BCUT2D eigenvalue weighted by molar-refractivity contribution is 7.14. The summed E-state index contributed by atoms with van der Waals surface area (Å²) in [6, 6.07) is 25.0. The van der Waals surface area contributed by atoms with Crippen LogP contribution >= 0.6 is 11.3 Å².